The molecule has 132 valence electrons. The Bertz CT molecular complexity index is 563. The summed E-state index contributed by atoms with van der Waals surface area (Å²) in [5, 5.41) is 0. The van der Waals surface area contributed by atoms with E-state index in [1.165, 1.54) is 18.4 Å². The number of piperidine rings is 1. The minimum Gasteiger partial charge on any atom is -0.444 e. The van der Waals surface area contributed by atoms with Gasteiger partial charge in [-0.05, 0) is 75.3 Å². The molecule has 1 aliphatic heterocycles. The van der Waals surface area contributed by atoms with Gasteiger partial charge in [-0.25, -0.2) is 4.79 Å². The van der Waals surface area contributed by atoms with Crippen LogP contribution in [0.1, 0.15) is 64.9 Å². The summed E-state index contributed by atoms with van der Waals surface area (Å²) in [7, 11) is 0. The molecule has 0 aromatic carbocycles. The number of ether oxygens (including phenoxy) is 1. The first kappa shape index (κ1) is 17.2. The maximum absolute atomic E-state index is 12.2. The highest BCUT2D eigenvalue weighted by atomic mass is 16.6. The Morgan fingerprint density at radius 2 is 2.00 bits per heavy atom. The Morgan fingerprint density at radius 1 is 1.33 bits per heavy atom. The monoisotopic (exact) mass is 330 g/mol. The zero-order valence-corrected chi connectivity index (χ0v) is 15.4. The number of aromatic nitrogens is 1. The van der Waals surface area contributed by atoms with E-state index >= 15 is 0 Å². The van der Waals surface area contributed by atoms with Crippen molar-refractivity contribution in [2.75, 3.05) is 13.1 Å². The Hall–Kier alpha value is -1.58. The van der Waals surface area contributed by atoms with E-state index in [1.54, 1.807) is 0 Å². The van der Waals surface area contributed by atoms with Gasteiger partial charge in [0.15, 0.2) is 0 Å². The number of likely N-dealkylation sites (tertiary alicyclic amines) is 1. The average molecular weight is 330 g/mol. The molecular formula is C20H30N2O2. The Kier molecular flexibility index (Phi) is 4.58. The molecule has 4 nitrogen and oxygen atoms in total. The van der Waals surface area contributed by atoms with Crippen LogP contribution in [0.2, 0.25) is 0 Å². The second-order valence-corrected chi connectivity index (χ2v) is 8.71. The molecule has 0 N–H and O–H groups in total. The zero-order valence-electron chi connectivity index (χ0n) is 15.4. The van der Waals surface area contributed by atoms with Crippen molar-refractivity contribution in [3.63, 3.8) is 0 Å². The van der Waals surface area contributed by atoms with Crippen molar-refractivity contribution < 1.29 is 9.53 Å². The van der Waals surface area contributed by atoms with Crippen LogP contribution in [0, 0.1) is 11.3 Å². The average Bonchev–Trinajstić information content (AvgIpc) is 2.51. The number of pyridine rings is 1. The highest BCUT2D eigenvalue weighted by molar-refractivity contribution is 5.68. The van der Waals surface area contributed by atoms with E-state index in [2.05, 4.69) is 18.0 Å². The van der Waals surface area contributed by atoms with Crippen molar-refractivity contribution >= 4 is 6.09 Å². The molecule has 1 aromatic heterocycles. The fourth-order valence-corrected chi connectivity index (χ4v) is 4.22. The lowest BCUT2D eigenvalue weighted by molar-refractivity contribution is -0.0327. The molecule has 0 bridgehead atoms. The van der Waals surface area contributed by atoms with Crippen LogP contribution in [-0.2, 0) is 4.74 Å². The summed E-state index contributed by atoms with van der Waals surface area (Å²) in [5.74, 6) is 1.33. The van der Waals surface area contributed by atoms with Crippen molar-refractivity contribution in [3.05, 3.63) is 30.1 Å². The summed E-state index contributed by atoms with van der Waals surface area (Å²) in [6, 6.07) is 4.22. The van der Waals surface area contributed by atoms with Crippen LogP contribution in [0.15, 0.2) is 24.5 Å². The van der Waals surface area contributed by atoms with E-state index in [0.29, 0.717) is 11.3 Å². The molecule has 0 radical (unpaired) electrons. The van der Waals surface area contributed by atoms with Gasteiger partial charge in [0, 0.05) is 25.5 Å². The van der Waals surface area contributed by atoms with Crippen molar-refractivity contribution in [2.24, 2.45) is 11.3 Å². The van der Waals surface area contributed by atoms with E-state index in [1.807, 2.05) is 44.1 Å². The van der Waals surface area contributed by atoms with Crippen molar-refractivity contribution in [1.29, 1.82) is 0 Å². The van der Waals surface area contributed by atoms with Gasteiger partial charge in [-0.15, -0.1) is 0 Å². The number of carbonyl (C=O) groups is 1. The van der Waals surface area contributed by atoms with Crippen LogP contribution in [0.25, 0.3) is 0 Å². The minimum atomic E-state index is -0.410. The second kappa shape index (κ2) is 6.38. The lowest BCUT2D eigenvalue weighted by Gasteiger charge is -2.54. The summed E-state index contributed by atoms with van der Waals surface area (Å²) in [6.07, 6.45) is 8.48. The molecule has 1 aliphatic carbocycles. The smallest absolute Gasteiger partial charge is 0.410 e. The first-order valence-electron chi connectivity index (χ1n) is 9.16. The van der Waals surface area contributed by atoms with Crippen molar-refractivity contribution in [1.82, 2.24) is 9.88 Å². The number of amides is 1. The third kappa shape index (κ3) is 3.73. The SMILES string of the molecule is CC(c1cccnc1)C1CC2(CCN(C(=O)OC(C)(C)C)CC2)C1. The Labute approximate surface area is 145 Å². The van der Waals surface area contributed by atoms with Crippen LogP contribution >= 0.6 is 0 Å². The van der Waals surface area contributed by atoms with Crippen LogP contribution in [0.5, 0.6) is 0 Å². The van der Waals surface area contributed by atoms with Gasteiger partial charge in [-0.1, -0.05) is 13.0 Å². The van der Waals surface area contributed by atoms with E-state index in [4.69, 9.17) is 4.74 Å². The van der Waals surface area contributed by atoms with Gasteiger partial charge < -0.3 is 9.64 Å². The minimum absolute atomic E-state index is 0.156. The first-order chi connectivity index (χ1) is 11.3. The maximum atomic E-state index is 12.2. The largest absolute Gasteiger partial charge is 0.444 e. The van der Waals surface area contributed by atoms with E-state index in [-0.39, 0.29) is 6.09 Å². The summed E-state index contributed by atoms with van der Waals surface area (Å²) in [5.41, 5.74) is 1.40. The van der Waals surface area contributed by atoms with Crippen LogP contribution in [0.4, 0.5) is 4.79 Å². The summed E-state index contributed by atoms with van der Waals surface area (Å²) < 4.78 is 5.49. The molecule has 1 aromatic rings. The molecule has 1 amide bonds. The van der Waals surface area contributed by atoms with Gasteiger partial charge >= 0.3 is 6.09 Å². The molecule has 24 heavy (non-hydrogen) atoms. The van der Waals surface area contributed by atoms with Gasteiger partial charge in [-0.2, -0.15) is 0 Å². The molecule has 1 spiro atoms. The quantitative estimate of drug-likeness (QED) is 0.795. The maximum Gasteiger partial charge on any atom is 0.410 e. The molecule has 1 unspecified atom stereocenters. The molecule has 4 heteroatoms. The number of hydrogen-bond donors (Lipinski definition) is 0. The number of carbonyl (C=O) groups excluding carboxylic acids is 1. The first-order valence-corrected chi connectivity index (χ1v) is 9.16. The van der Waals surface area contributed by atoms with Gasteiger partial charge in [0.2, 0.25) is 0 Å². The van der Waals surface area contributed by atoms with Crippen LogP contribution < -0.4 is 0 Å². The van der Waals surface area contributed by atoms with Gasteiger partial charge in [0.1, 0.15) is 5.60 Å². The number of hydrogen-bond acceptors (Lipinski definition) is 3. The highest BCUT2D eigenvalue weighted by Crippen LogP contribution is 2.56. The Morgan fingerprint density at radius 3 is 2.54 bits per heavy atom. The second-order valence-electron chi connectivity index (χ2n) is 8.71. The summed E-state index contributed by atoms with van der Waals surface area (Å²) >= 11 is 0. The fraction of sp³-hybridized carbons (Fsp3) is 0.700. The molecule has 2 aliphatic rings. The van der Waals surface area contributed by atoms with Crippen LogP contribution in [0.3, 0.4) is 0 Å². The molecule has 1 saturated heterocycles. The molecule has 3 rings (SSSR count). The van der Waals surface area contributed by atoms with E-state index < -0.39 is 5.60 Å². The van der Waals surface area contributed by atoms with Crippen molar-refractivity contribution in [3.8, 4) is 0 Å². The third-order valence-corrected chi connectivity index (χ3v) is 5.78. The lowest BCUT2D eigenvalue weighted by atomic mass is 9.54. The number of rotatable bonds is 2. The molecule has 2 fully saturated rings. The molecular weight excluding hydrogens is 300 g/mol. The van der Waals surface area contributed by atoms with Crippen molar-refractivity contribution in [2.45, 2.75) is 64.9 Å². The van der Waals surface area contributed by atoms with E-state index in [0.717, 1.165) is 31.8 Å². The predicted octanol–water partition coefficient (Wildman–Crippen LogP) is 4.61. The topological polar surface area (TPSA) is 42.4 Å². The van der Waals surface area contributed by atoms with Gasteiger partial charge in [-0.3, -0.25) is 4.98 Å². The Balaban J connectivity index is 1.49. The van der Waals surface area contributed by atoms with Gasteiger partial charge in [0.05, 0.1) is 0 Å². The molecule has 2 heterocycles. The summed E-state index contributed by atoms with van der Waals surface area (Å²) in [6.45, 7) is 9.77. The molecule has 1 atom stereocenters. The lowest BCUT2D eigenvalue weighted by Crippen LogP contribution is -2.50. The van der Waals surface area contributed by atoms with Gasteiger partial charge in [0.25, 0.3) is 0 Å². The third-order valence-electron chi connectivity index (χ3n) is 5.78. The van der Waals surface area contributed by atoms with E-state index in [9.17, 15) is 4.79 Å². The standard InChI is InChI=1S/C20H30N2O2/c1-15(16-6-5-9-21-14-16)17-12-20(13-17)7-10-22(11-8-20)18(23)24-19(2,3)4/h5-6,9,14-15,17H,7-8,10-13H2,1-4H3. The molecule has 1 saturated carbocycles. The van der Waals surface area contributed by atoms with Crippen LogP contribution in [-0.4, -0.2) is 34.7 Å². The predicted molar refractivity (Wildman–Crippen MR) is 94.9 cm³/mol. The fourth-order valence-electron chi connectivity index (χ4n) is 4.22. The highest BCUT2D eigenvalue weighted by Gasteiger charge is 2.48. The normalized spacial score (nSPS) is 22.1. The summed E-state index contributed by atoms with van der Waals surface area (Å²) in [4.78, 5) is 18.3. The number of nitrogens with zero attached hydrogens (tertiary/aromatic N) is 2. The zero-order chi connectivity index (χ0) is 17.4.